The summed E-state index contributed by atoms with van der Waals surface area (Å²) in [6.07, 6.45) is 2.79. The molecule has 3 heterocycles. The molecule has 2 N–H and O–H groups in total. The number of hydrogen-bond donors (Lipinski definition) is 2. The SMILES string of the molecule is O=C1CCC(N2Cc3cc(C#CC4CCNCC4)ccc3C2=O)C(=O)N1. The van der Waals surface area contributed by atoms with E-state index < -0.39 is 6.04 Å². The first-order valence-corrected chi connectivity index (χ1v) is 9.11. The minimum atomic E-state index is -0.572. The van der Waals surface area contributed by atoms with Gasteiger partial charge in [0.1, 0.15) is 6.04 Å². The topological polar surface area (TPSA) is 78.5 Å². The lowest BCUT2D eigenvalue weighted by Gasteiger charge is -2.29. The normalized spacial score (nSPS) is 23.3. The van der Waals surface area contributed by atoms with Gasteiger partial charge in [0.15, 0.2) is 0 Å². The molecule has 0 radical (unpaired) electrons. The molecule has 6 nitrogen and oxygen atoms in total. The third-order valence-electron chi connectivity index (χ3n) is 5.28. The number of hydrogen-bond acceptors (Lipinski definition) is 4. The highest BCUT2D eigenvalue weighted by Gasteiger charge is 2.38. The molecule has 0 spiro atoms. The second-order valence-electron chi connectivity index (χ2n) is 7.07. The maximum atomic E-state index is 12.7. The van der Waals surface area contributed by atoms with Crippen LogP contribution in [0.4, 0.5) is 0 Å². The number of imide groups is 1. The van der Waals surface area contributed by atoms with Crippen molar-refractivity contribution in [3.05, 3.63) is 34.9 Å². The lowest BCUT2D eigenvalue weighted by molar-refractivity contribution is -0.136. The van der Waals surface area contributed by atoms with Gasteiger partial charge in [0.2, 0.25) is 11.8 Å². The Kier molecular flexibility index (Phi) is 4.48. The van der Waals surface area contributed by atoms with Crippen LogP contribution in [0.2, 0.25) is 0 Å². The van der Waals surface area contributed by atoms with Crippen LogP contribution >= 0.6 is 0 Å². The number of nitrogens with zero attached hydrogens (tertiary/aromatic N) is 1. The van der Waals surface area contributed by atoms with Crippen molar-refractivity contribution < 1.29 is 14.4 Å². The largest absolute Gasteiger partial charge is 0.322 e. The maximum absolute atomic E-state index is 12.7. The predicted octanol–water partition coefficient (Wildman–Crippen LogP) is 0.799. The Labute approximate surface area is 152 Å². The number of nitrogens with one attached hydrogen (secondary N) is 2. The van der Waals surface area contributed by atoms with Crippen LogP contribution in [-0.2, 0) is 16.1 Å². The zero-order chi connectivity index (χ0) is 18.1. The molecule has 0 aromatic heterocycles. The second-order valence-corrected chi connectivity index (χ2v) is 7.07. The van der Waals surface area contributed by atoms with E-state index in [2.05, 4.69) is 22.5 Å². The molecule has 0 bridgehead atoms. The van der Waals surface area contributed by atoms with Crippen molar-refractivity contribution in [1.29, 1.82) is 0 Å². The number of rotatable bonds is 1. The molecule has 1 aromatic rings. The van der Waals surface area contributed by atoms with E-state index in [1.807, 2.05) is 12.1 Å². The molecule has 0 saturated carbocycles. The average Bonchev–Trinajstić information content (AvgIpc) is 2.97. The molecular formula is C20H21N3O3. The van der Waals surface area contributed by atoms with Crippen molar-refractivity contribution in [1.82, 2.24) is 15.5 Å². The Morgan fingerprint density at radius 1 is 1.08 bits per heavy atom. The van der Waals surface area contributed by atoms with Crippen molar-refractivity contribution in [3.63, 3.8) is 0 Å². The molecule has 4 rings (SSSR count). The van der Waals surface area contributed by atoms with Gasteiger partial charge in [-0.15, -0.1) is 0 Å². The molecule has 134 valence electrons. The summed E-state index contributed by atoms with van der Waals surface area (Å²) in [5.74, 6) is 6.20. The average molecular weight is 351 g/mol. The summed E-state index contributed by atoms with van der Waals surface area (Å²) in [5.41, 5.74) is 2.43. The second kappa shape index (κ2) is 6.93. The van der Waals surface area contributed by atoms with Crippen LogP contribution in [0.1, 0.15) is 47.2 Å². The Bertz CT molecular complexity index is 830. The van der Waals surface area contributed by atoms with Gasteiger partial charge in [0, 0.05) is 30.0 Å². The van der Waals surface area contributed by atoms with Gasteiger partial charge < -0.3 is 10.2 Å². The zero-order valence-corrected chi connectivity index (χ0v) is 14.5. The lowest BCUT2D eigenvalue weighted by atomic mass is 9.98. The molecule has 1 aromatic carbocycles. The first-order chi connectivity index (χ1) is 12.6. The van der Waals surface area contributed by atoms with E-state index >= 15 is 0 Å². The van der Waals surface area contributed by atoms with E-state index in [9.17, 15) is 14.4 Å². The highest BCUT2D eigenvalue weighted by Crippen LogP contribution is 2.28. The summed E-state index contributed by atoms with van der Waals surface area (Å²) in [6, 6.07) is 5.05. The fourth-order valence-electron chi connectivity index (χ4n) is 3.80. The summed E-state index contributed by atoms with van der Waals surface area (Å²) in [6.45, 7) is 2.42. The van der Waals surface area contributed by atoms with E-state index in [0.29, 0.717) is 24.4 Å². The van der Waals surface area contributed by atoms with Gasteiger partial charge in [-0.25, -0.2) is 0 Å². The van der Waals surface area contributed by atoms with Gasteiger partial charge in [-0.2, -0.15) is 0 Å². The molecule has 2 saturated heterocycles. The summed E-state index contributed by atoms with van der Waals surface area (Å²) < 4.78 is 0. The number of piperidine rings is 2. The monoisotopic (exact) mass is 351 g/mol. The van der Waals surface area contributed by atoms with Crippen LogP contribution in [-0.4, -0.2) is 41.8 Å². The molecule has 3 aliphatic heterocycles. The van der Waals surface area contributed by atoms with Crippen molar-refractivity contribution in [2.45, 2.75) is 38.3 Å². The van der Waals surface area contributed by atoms with Gasteiger partial charge in [-0.3, -0.25) is 19.7 Å². The number of carbonyl (C=O) groups excluding carboxylic acids is 3. The van der Waals surface area contributed by atoms with E-state index in [4.69, 9.17) is 0 Å². The third kappa shape index (κ3) is 3.23. The minimum absolute atomic E-state index is 0.146. The molecule has 2 fully saturated rings. The van der Waals surface area contributed by atoms with Crippen LogP contribution in [0.25, 0.3) is 0 Å². The Morgan fingerprint density at radius 2 is 1.88 bits per heavy atom. The van der Waals surface area contributed by atoms with Crippen LogP contribution in [0, 0.1) is 17.8 Å². The molecule has 0 aliphatic carbocycles. The molecule has 1 atom stereocenters. The molecular weight excluding hydrogens is 330 g/mol. The molecule has 6 heteroatoms. The Hall–Kier alpha value is -2.65. The number of amides is 3. The Balaban J connectivity index is 1.50. The van der Waals surface area contributed by atoms with Gasteiger partial charge in [-0.05, 0) is 56.1 Å². The van der Waals surface area contributed by atoms with E-state index in [1.165, 1.54) is 0 Å². The van der Waals surface area contributed by atoms with Gasteiger partial charge in [-0.1, -0.05) is 11.8 Å². The summed E-state index contributed by atoms with van der Waals surface area (Å²) in [5, 5.41) is 5.65. The molecule has 3 aliphatic rings. The van der Waals surface area contributed by atoms with E-state index in [0.717, 1.165) is 37.1 Å². The maximum Gasteiger partial charge on any atom is 0.255 e. The first kappa shape index (κ1) is 16.8. The smallest absolute Gasteiger partial charge is 0.255 e. The minimum Gasteiger partial charge on any atom is -0.322 e. The third-order valence-corrected chi connectivity index (χ3v) is 5.28. The van der Waals surface area contributed by atoms with Crippen LogP contribution in [0.5, 0.6) is 0 Å². The number of fused-ring (bicyclic) bond motifs is 1. The van der Waals surface area contributed by atoms with Crippen molar-refractivity contribution in [2.75, 3.05) is 13.1 Å². The van der Waals surface area contributed by atoms with Gasteiger partial charge in [0.25, 0.3) is 5.91 Å². The van der Waals surface area contributed by atoms with Crippen LogP contribution < -0.4 is 10.6 Å². The van der Waals surface area contributed by atoms with Crippen molar-refractivity contribution >= 4 is 17.7 Å². The van der Waals surface area contributed by atoms with Crippen molar-refractivity contribution in [2.24, 2.45) is 5.92 Å². The lowest BCUT2D eigenvalue weighted by Crippen LogP contribution is -2.52. The molecule has 3 amide bonds. The van der Waals surface area contributed by atoms with Crippen LogP contribution in [0.15, 0.2) is 18.2 Å². The molecule has 26 heavy (non-hydrogen) atoms. The highest BCUT2D eigenvalue weighted by molar-refractivity contribution is 6.05. The van der Waals surface area contributed by atoms with Crippen molar-refractivity contribution in [3.8, 4) is 11.8 Å². The Morgan fingerprint density at radius 3 is 2.65 bits per heavy atom. The quantitative estimate of drug-likeness (QED) is 0.579. The first-order valence-electron chi connectivity index (χ1n) is 9.11. The van der Waals surface area contributed by atoms with Crippen LogP contribution in [0.3, 0.4) is 0 Å². The zero-order valence-electron chi connectivity index (χ0n) is 14.5. The predicted molar refractivity (Wildman–Crippen MR) is 95.0 cm³/mol. The van der Waals surface area contributed by atoms with E-state index in [1.54, 1.807) is 11.0 Å². The van der Waals surface area contributed by atoms with Gasteiger partial charge in [0.05, 0.1) is 0 Å². The summed E-state index contributed by atoms with van der Waals surface area (Å²) in [4.78, 5) is 37.6. The highest BCUT2D eigenvalue weighted by atomic mass is 16.2. The fourth-order valence-corrected chi connectivity index (χ4v) is 3.80. The number of benzene rings is 1. The molecule has 1 unspecified atom stereocenters. The fraction of sp³-hybridized carbons (Fsp3) is 0.450. The van der Waals surface area contributed by atoms with Gasteiger partial charge >= 0.3 is 0 Å². The number of carbonyl (C=O) groups is 3. The standard InChI is InChI=1S/C20H21N3O3/c24-18-6-5-17(19(25)22-18)23-12-15-11-14(3-4-16(15)20(23)26)2-1-13-7-9-21-10-8-13/h3-4,11,13,17,21H,5-10,12H2,(H,22,24,25). The summed E-state index contributed by atoms with van der Waals surface area (Å²) >= 11 is 0. The summed E-state index contributed by atoms with van der Waals surface area (Å²) in [7, 11) is 0. The van der Waals surface area contributed by atoms with E-state index in [-0.39, 0.29) is 24.1 Å².